The van der Waals surface area contributed by atoms with E-state index in [0.29, 0.717) is 11.3 Å². The van der Waals surface area contributed by atoms with Crippen LogP contribution in [0.4, 0.5) is 9.39 Å². The van der Waals surface area contributed by atoms with Crippen molar-refractivity contribution in [2.24, 2.45) is 0 Å². The highest BCUT2D eigenvalue weighted by molar-refractivity contribution is 7.17. The van der Waals surface area contributed by atoms with E-state index in [1.54, 1.807) is 30.4 Å². The molecule has 182 valence electrons. The summed E-state index contributed by atoms with van der Waals surface area (Å²) in [5.41, 5.74) is 2.96. The van der Waals surface area contributed by atoms with E-state index in [9.17, 15) is 19.3 Å². The quantitative estimate of drug-likeness (QED) is 0.136. The van der Waals surface area contributed by atoms with Gasteiger partial charge in [-0.1, -0.05) is 37.3 Å². The molecule has 2 aromatic heterocycles. The minimum absolute atomic E-state index is 0.0202. The van der Waals surface area contributed by atoms with Crippen molar-refractivity contribution in [3.05, 3.63) is 86.5 Å². The molecule has 0 radical (unpaired) electrons. The van der Waals surface area contributed by atoms with Crippen molar-refractivity contribution in [3.63, 3.8) is 0 Å². The van der Waals surface area contributed by atoms with E-state index >= 15 is 0 Å². The van der Waals surface area contributed by atoms with Crippen molar-refractivity contribution in [1.82, 2.24) is 4.98 Å². The first kappa shape index (κ1) is 26.2. The molecule has 0 N–H and O–H groups in total. The van der Waals surface area contributed by atoms with Crippen LogP contribution in [0.2, 0.25) is 0 Å². The van der Waals surface area contributed by atoms with Crippen LogP contribution in [0.25, 0.3) is 21.7 Å². The Morgan fingerprint density at radius 1 is 1.00 bits per heavy atom. The molecule has 0 saturated heterocycles. The highest BCUT2D eigenvalue weighted by atomic mass is 32.1. The molecule has 0 atom stereocenters. The van der Waals surface area contributed by atoms with Crippen molar-refractivity contribution in [2.75, 3.05) is 6.61 Å². The second-order valence-corrected chi connectivity index (χ2v) is 9.73. The summed E-state index contributed by atoms with van der Waals surface area (Å²) in [6.07, 6.45) is 1.37. The zero-order valence-electron chi connectivity index (χ0n) is 19.6. The van der Waals surface area contributed by atoms with Gasteiger partial charge in [0.1, 0.15) is 11.6 Å². The fourth-order valence-electron chi connectivity index (χ4n) is 3.10. The number of carbonyl (C=O) groups excluding carboxylic acids is 1. The number of halogens is 1. The number of ether oxygens (including phenoxy) is 1. The van der Waals surface area contributed by atoms with Gasteiger partial charge in [-0.2, -0.15) is 0 Å². The number of ketones is 1. The number of thiazole rings is 1. The van der Waals surface area contributed by atoms with Crippen LogP contribution in [-0.2, 0) is 0 Å². The summed E-state index contributed by atoms with van der Waals surface area (Å²) in [6, 6.07) is 17.4. The molecule has 4 rings (SSSR count). The standard InChI is InChI=1S/C19H18FNOS.C7H7NO3S/c1-3-12-22-17-10-6-14(7-11-17)18-19(23-13(2)21-18)15-4-8-16(20)9-5-15;1-2-5(9)6-3-4-7(12-6)8(10)11/h4-11H,3,12H2,1-2H3;3-4H,2H2,1H3. The number of hydrogen-bond acceptors (Lipinski definition) is 7. The van der Waals surface area contributed by atoms with Gasteiger partial charge in [0.15, 0.2) is 5.78 Å². The van der Waals surface area contributed by atoms with E-state index in [4.69, 9.17) is 4.74 Å². The first-order valence-corrected chi connectivity index (χ1v) is 12.7. The van der Waals surface area contributed by atoms with E-state index < -0.39 is 4.92 Å². The normalized spacial score (nSPS) is 10.4. The third-order valence-corrected chi connectivity index (χ3v) is 6.91. The van der Waals surface area contributed by atoms with Crippen LogP contribution in [-0.4, -0.2) is 22.3 Å². The Morgan fingerprint density at radius 3 is 2.23 bits per heavy atom. The van der Waals surface area contributed by atoms with Crippen molar-refractivity contribution in [3.8, 4) is 27.4 Å². The smallest absolute Gasteiger partial charge is 0.324 e. The number of nitrogens with zero attached hydrogens (tertiary/aromatic N) is 2. The molecule has 4 aromatic rings. The summed E-state index contributed by atoms with van der Waals surface area (Å²) in [5.74, 6) is 0.591. The average molecular weight is 513 g/mol. The number of benzene rings is 2. The molecule has 0 fully saturated rings. The van der Waals surface area contributed by atoms with Crippen LogP contribution in [0, 0.1) is 22.9 Å². The molecule has 6 nitrogen and oxygen atoms in total. The van der Waals surface area contributed by atoms with Gasteiger partial charge in [0.05, 0.1) is 32.0 Å². The molecular formula is C26H25FN2O4S2. The van der Waals surface area contributed by atoms with Gasteiger partial charge in [0.2, 0.25) is 0 Å². The summed E-state index contributed by atoms with van der Waals surface area (Å²) >= 11 is 2.55. The molecule has 0 bridgehead atoms. The molecule has 0 aliphatic rings. The number of hydrogen-bond donors (Lipinski definition) is 0. The molecular weight excluding hydrogens is 487 g/mol. The minimum Gasteiger partial charge on any atom is -0.494 e. The molecule has 35 heavy (non-hydrogen) atoms. The second kappa shape index (κ2) is 12.3. The van der Waals surface area contributed by atoms with Crippen LogP contribution in [0.3, 0.4) is 0 Å². The van der Waals surface area contributed by atoms with Gasteiger partial charge < -0.3 is 4.74 Å². The SMILES string of the molecule is CCC(=O)c1ccc([N+](=O)[O-])s1.CCCOc1ccc(-c2nc(C)sc2-c2ccc(F)cc2)cc1. The number of thiophene rings is 1. The maximum Gasteiger partial charge on any atom is 0.324 e. The Kier molecular flexibility index (Phi) is 9.22. The van der Waals surface area contributed by atoms with Crippen LogP contribution in [0.15, 0.2) is 60.7 Å². The fourth-order valence-corrected chi connectivity index (χ4v) is 4.88. The van der Waals surface area contributed by atoms with Crippen LogP contribution in [0.1, 0.15) is 41.4 Å². The second-order valence-electron chi connectivity index (χ2n) is 7.46. The molecule has 2 heterocycles. The first-order chi connectivity index (χ1) is 16.8. The van der Waals surface area contributed by atoms with Crippen molar-refractivity contribution in [1.29, 1.82) is 0 Å². The van der Waals surface area contributed by atoms with Crippen LogP contribution >= 0.6 is 22.7 Å². The first-order valence-electron chi connectivity index (χ1n) is 11.1. The van der Waals surface area contributed by atoms with Gasteiger partial charge in [-0.05, 0) is 61.4 Å². The van der Waals surface area contributed by atoms with E-state index in [2.05, 4.69) is 11.9 Å². The van der Waals surface area contributed by atoms with Gasteiger partial charge in [-0.3, -0.25) is 14.9 Å². The Balaban J connectivity index is 0.000000241. The largest absolute Gasteiger partial charge is 0.494 e. The van der Waals surface area contributed by atoms with Gasteiger partial charge in [-0.15, -0.1) is 11.3 Å². The van der Waals surface area contributed by atoms with Crippen molar-refractivity contribution < 1.29 is 18.8 Å². The Labute approximate surface area is 211 Å². The lowest BCUT2D eigenvalue weighted by Gasteiger charge is -2.06. The van der Waals surface area contributed by atoms with E-state index in [0.717, 1.165) is 56.8 Å². The summed E-state index contributed by atoms with van der Waals surface area (Å²) in [6.45, 7) is 6.52. The fraction of sp³-hybridized carbons (Fsp3) is 0.231. The van der Waals surface area contributed by atoms with Crippen LogP contribution < -0.4 is 4.74 Å². The van der Waals surface area contributed by atoms with Gasteiger partial charge in [-0.25, -0.2) is 9.37 Å². The molecule has 0 aliphatic carbocycles. The molecule has 0 unspecified atom stereocenters. The lowest BCUT2D eigenvalue weighted by molar-refractivity contribution is -0.380. The average Bonchev–Trinajstić information content (AvgIpc) is 3.51. The molecule has 2 aromatic carbocycles. The van der Waals surface area contributed by atoms with Gasteiger partial charge in [0.25, 0.3) is 0 Å². The molecule has 9 heteroatoms. The van der Waals surface area contributed by atoms with E-state index in [-0.39, 0.29) is 16.6 Å². The Hall–Kier alpha value is -3.43. The Bertz CT molecular complexity index is 1280. The van der Waals surface area contributed by atoms with Gasteiger partial charge in [0, 0.05) is 18.1 Å². The number of nitro groups is 1. The monoisotopic (exact) mass is 512 g/mol. The Morgan fingerprint density at radius 2 is 1.66 bits per heavy atom. The zero-order chi connectivity index (χ0) is 25.4. The van der Waals surface area contributed by atoms with E-state index in [1.165, 1.54) is 24.3 Å². The summed E-state index contributed by atoms with van der Waals surface area (Å²) < 4.78 is 18.8. The number of carbonyl (C=O) groups is 1. The van der Waals surface area contributed by atoms with Gasteiger partial charge >= 0.3 is 5.00 Å². The maximum atomic E-state index is 13.2. The predicted molar refractivity (Wildman–Crippen MR) is 139 cm³/mol. The molecule has 0 saturated carbocycles. The molecule has 0 spiro atoms. The van der Waals surface area contributed by atoms with E-state index in [1.807, 2.05) is 31.2 Å². The highest BCUT2D eigenvalue weighted by Gasteiger charge is 2.14. The maximum absolute atomic E-state index is 13.2. The van der Waals surface area contributed by atoms with Crippen molar-refractivity contribution in [2.45, 2.75) is 33.6 Å². The summed E-state index contributed by atoms with van der Waals surface area (Å²) in [5, 5.41) is 11.2. The summed E-state index contributed by atoms with van der Waals surface area (Å²) in [7, 11) is 0. The minimum atomic E-state index is -0.489. The lowest BCUT2D eigenvalue weighted by atomic mass is 10.1. The topological polar surface area (TPSA) is 82.3 Å². The number of rotatable bonds is 8. The van der Waals surface area contributed by atoms with Crippen molar-refractivity contribution >= 4 is 33.5 Å². The lowest BCUT2D eigenvalue weighted by Crippen LogP contribution is -1.94. The van der Waals surface area contributed by atoms with Crippen LogP contribution in [0.5, 0.6) is 5.75 Å². The predicted octanol–water partition coefficient (Wildman–Crippen LogP) is 7.96. The molecule has 0 amide bonds. The third kappa shape index (κ3) is 7.03. The molecule has 0 aliphatic heterocycles. The summed E-state index contributed by atoms with van der Waals surface area (Å²) in [4.78, 5) is 27.0. The number of Topliss-reactive ketones (excluding diaryl/α,β-unsaturated/α-hetero) is 1. The highest BCUT2D eigenvalue weighted by Crippen LogP contribution is 2.37. The number of aromatic nitrogens is 1. The zero-order valence-corrected chi connectivity index (χ0v) is 21.2. The number of aryl methyl sites for hydroxylation is 1. The third-order valence-electron chi connectivity index (χ3n) is 4.81.